The molecular formula is C9H19ClO. The summed E-state index contributed by atoms with van der Waals surface area (Å²) in [6, 6.07) is 0. The van der Waals surface area contributed by atoms with Gasteiger partial charge in [-0.15, -0.1) is 11.6 Å². The Kier molecular flexibility index (Phi) is 5.98. The first-order chi connectivity index (χ1) is 5.12. The Labute approximate surface area is 74.8 Å². The third-order valence-electron chi connectivity index (χ3n) is 1.92. The van der Waals surface area contributed by atoms with E-state index in [1.165, 1.54) is 0 Å². The number of hydrogen-bond donors (Lipinski definition) is 1. The minimum absolute atomic E-state index is 0.481. The second-order valence-electron chi connectivity index (χ2n) is 3.39. The van der Waals surface area contributed by atoms with Gasteiger partial charge < -0.3 is 5.11 Å². The van der Waals surface area contributed by atoms with Crippen LogP contribution in [0.5, 0.6) is 0 Å². The molecule has 0 aliphatic carbocycles. The van der Waals surface area contributed by atoms with Gasteiger partial charge in [-0.3, -0.25) is 0 Å². The average Bonchev–Trinajstić information content (AvgIpc) is 1.97. The molecule has 1 unspecified atom stereocenters. The molecule has 68 valence electrons. The van der Waals surface area contributed by atoms with E-state index in [0.717, 1.165) is 32.1 Å². The van der Waals surface area contributed by atoms with Crippen LogP contribution in [0, 0.1) is 0 Å². The van der Waals surface area contributed by atoms with E-state index in [1.54, 1.807) is 0 Å². The monoisotopic (exact) mass is 178 g/mol. The van der Waals surface area contributed by atoms with Gasteiger partial charge in [-0.2, -0.15) is 0 Å². The number of aliphatic hydroxyl groups is 1. The van der Waals surface area contributed by atoms with Crippen molar-refractivity contribution in [3.8, 4) is 0 Å². The minimum atomic E-state index is -0.481. The first kappa shape index (κ1) is 11.2. The van der Waals surface area contributed by atoms with Gasteiger partial charge in [-0.05, 0) is 26.2 Å². The van der Waals surface area contributed by atoms with Crippen molar-refractivity contribution in [1.82, 2.24) is 0 Å². The van der Waals surface area contributed by atoms with Crippen LogP contribution in [0.4, 0.5) is 0 Å². The van der Waals surface area contributed by atoms with E-state index in [1.807, 2.05) is 6.92 Å². The first-order valence-corrected chi connectivity index (χ1v) is 4.94. The summed E-state index contributed by atoms with van der Waals surface area (Å²) < 4.78 is 0. The van der Waals surface area contributed by atoms with E-state index < -0.39 is 5.60 Å². The standard InChI is InChI=1S/C9H19ClO/c1-3-4-6-9(2,11)7-5-8-10/h11H,3-8H2,1-2H3. The van der Waals surface area contributed by atoms with Crippen molar-refractivity contribution in [1.29, 1.82) is 0 Å². The van der Waals surface area contributed by atoms with Gasteiger partial charge in [0, 0.05) is 5.88 Å². The smallest absolute Gasteiger partial charge is 0.0620 e. The Morgan fingerprint density at radius 1 is 1.27 bits per heavy atom. The van der Waals surface area contributed by atoms with E-state index in [9.17, 15) is 5.11 Å². The summed E-state index contributed by atoms with van der Waals surface area (Å²) in [5.41, 5.74) is -0.481. The summed E-state index contributed by atoms with van der Waals surface area (Å²) in [5, 5.41) is 9.72. The number of hydrogen-bond acceptors (Lipinski definition) is 1. The van der Waals surface area contributed by atoms with Gasteiger partial charge >= 0.3 is 0 Å². The molecule has 0 aromatic rings. The van der Waals surface area contributed by atoms with Crippen LogP contribution < -0.4 is 0 Å². The molecule has 0 rings (SSSR count). The second-order valence-corrected chi connectivity index (χ2v) is 3.77. The third-order valence-corrected chi connectivity index (χ3v) is 2.19. The molecule has 0 fully saturated rings. The fraction of sp³-hybridized carbons (Fsp3) is 1.00. The number of unbranched alkanes of at least 4 members (excludes halogenated alkanes) is 1. The molecule has 0 bridgehead atoms. The van der Waals surface area contributed by atoms with Crippen molar-refractivity contribution in [3.05, 3.63) is 0 Å². The van der Waals surface area contributed by atoms with Crippen LogP contribution >= 0.6 is 11.6 Å². The Morgan fingerprint density at radius 3 is 2.27 bits per heavy atom. The highest BCUT2D eigenvalue weighted by Crippen LogP contribution is 2.19. The lowest BCUT2D eigenvalue weighted by atomic mass is 9.94. The maximum absolute atomic E-state index is 9.72. The van der Waals surface area contributed by atoms with Crippen LogP contribution in [0.25, 0.3) is 0 Å². The van der Waals surface area contributed by atoms with E-state index >= 15 is 0 Å². The van der Waals surface area contributed by atoms with Crippen LogP contribution in [0.3, 0.4) is 0 Å². The summed E-state index contributed by atoms with van der Waals surface area (Å²) in [6.07, 6.45) is 4.90. The lowest BCUT2D eigenvalue weighted by Gasteiger charge is -2.22. The zero-order valence-electron chi connectivity index (χ0n) is 7.57. The van der Waals surface area contributed by atoms with Gasteiger partial charge in [0.1, 0.15) is 0 Å². The maximum Gasteiger partial charge on any atom is 0.0620 e. The molecule has 2 heteroatoms. The van der Waals surface area contributed by atoms with Crippen molar-refractivity contribution in [2.75, 3.05) is 5.88 Å². The largest absolute Gasteiger partial charge is 0.390 e. The SMILES string of the molecule is CCCCC(C)(O)CCCCl. The zero-order valence-corrected chi connectivity index (χ0v) is 8.32. The molecule has 0 aliphatic heterocycles. The second kappa shape index (κ2) is 5.84. The van der Waals surface area contributed by atoms with E-state index in [0.29, 0.717) is 5.88 Å². The van der Waals surface area contributed by atoms with E-state index in [4.69, 9.17) is 11.6 Å². The van der Waals surface area contributed by atoms with Crippen LogP contribution in [0.2, 0.25) is 0 Å². The predicted octanol–water partition coefficient (Wildman–Crippen LogP) is 2.95. The number of halogens is 1. The Bertz CT molecular complexity index is 81.6. The fourth-order valence-electron chi connectivity index (χ4n) is 1.13. The molecule has 1 N–H and O–H groups in total. The molecule has 0 amide bonds. The lowest BCUT2D eigenvalue weighted by Crippen LogP contribution is -2.23. The molecular weight excluding hydrogens is 160 g/mol. The normalized spacial score (nSPS) is 16.4. The van der Waals surface area contributed by atoms with Crippen LogP contribution in [0.15, 0.2) is 0 Å². The summed E-state index contributed by atoms with van der Waals surface area (Å²) in [4.78, 5) is 0. The van der Waals surface area contributed by atoms with Gasteiger partial charge in [0.05, 0.1) is 5.60 Å². The molecule has 1 atom stereocenters. The highest BCUT2D eigenvalue weighted by Gasteiger charge is 2.17. The fourth-order valence-corrected chi connectivity index (χ4v) is 1.26. The maximum atomic E-state index is 9.72. The van der Waals surface area contributed by atoms with Crippen LogP contribution in [-0.4, -0.2) is 16.6 Å². The van der Waals surface area contributed by atoms with Gasteiger partial charge in [0.25, 0.3) is 0 Å². The summed E-state index contributed by atoms with van der Waals surface area (Å²) >= 11 is 5.53. The Balaban J connectivity index is 3.43. The molecule has 1 nitrogen and oxygen atoms in total. The summed E-state index contributed by atoms with van der Waals surface area (Å²) in [6.45, 7) is 4.03. The van der Waals surface area contributed by atoms with Crippen LogP contribution in [-0.2, 0) is 0 Å². The molecule has 0 heterocycles. The third kappa shape index (κ3) is 6.64. The zero-order chi connectivity index (χ0) is 8.74. The summed E-state index contributed by atoms with van der Waals surface area (Å²) in [5.74, 6) is 0.655. The topological polar surface area (TPSA) is 20.2 Å². The quantitative estimate of drug-likeness (QED) is 0.621. The van der Waals surface area contributed by atoms with Crippen molar-refractivity contribution in [2.45, 2.75) is 51.6 Å². The highest BCUT2D eigenvalue weighted by molar-refractivity contribution is 6.17. The number of rotatable bonds is 6. The Hall–Kier alpha value is 0.250. The molecule has 0 aromatic heterocycles. The van der Waals surface area contributed by atoms with E-state index in [2.05, 4.69) is 6.92 Å². The molecule has 11 heavy (non-hydrogen) atoms. The number of alkyl halides is 1. The van der Waals surface area contributed by atoms with Gasteiger partial charge in [-0.25, -0.2) is 0 Å². The van der Waals surface area contributed by atoms with Crippen molar-refractivity contribution in [2.24, 2.45) is 0 Å². The van der Waals surface area contributed by atoms with Gasteiger partial charge in [-0.1, -0.05) is 19.8 Å². The van der Waals surface area contributed by atoms with Crippen LogP contribution in [0.1, 0.15) is 46.0 Å². The lowest BCUT2D eigenvalue weighted by molar-refractivity contribution is 0.0393. The predicted molar refractivity (Wildman–Crippen MR) is 50.1 cm³/mol. The first-order valence-electron chi connectivity index (χ1n) is 4.41. The highest BCUT2D eigenvalue weighted by atomic mass is 35.5. The molecule has 0 saturated heterocycles. The molecule has 0 spiro atoms. The van der Waals surface area contributed by atoms with E-state index in [-0.39, 0.29) is 0 Å². The van der Waals surface area contributed by atoms with Crippen molar-refractivity contribution < 1.29 is 5.11 Å². The molecule has 0 radical (unpaired) electrons. The minimum Gasteiger partial charge on any atom is -0.390 e. The van der Waals surface area contributed by atoms with Crippen molar-refractivity contribution >= 4 is 11.6 Å². The van der Waals surface area contributed by atoms with Gasteiger partial charge in [0.15, 0.2) is 0 Å². The Morgan fingerprint density at radius 2 is 1.82 bits per heavy atom. The van der Waals surface area contributed by atoms with Crippen molar-refractivity contribution in [3.63, 3.8) is 0 Å². The summed E-state index contributed by atoms with van der Waals surface area (Å²) in [7, 11) is 0. The van der Waals surface area contributed by atoms with Gasteiger partial charge in [0.2, 0.25) is 0 Å². The molecule has 0 aliphatic rings. The average molecular weight is 179 g/mol. The molecule has 0 aromatic carbocycles. The molecule has 0 saturated carbocycles.